The summed E-state index contributed by atoms with van der Waals surface area (Å²) in [7, 11) is 0. The van der Waals surface area contributed by atoms with Crippen LogP contribution in [0.25, 0.3) is 0 Å². The van der Waals surface area contributed by atoms with Crippen molar-refractivity contribution < 1.29 is 18.3 Å². The van der Waals surface area contributed by atoms with E-state index in [1.165, 1.54) is 6.07 Å². The van der Waals surface area contributed by atoms with Gasteiger partial charge in [-0.05, 0) is 37.0 Å². The second-order valence-electron chi connectivity index (χ2n) is 5.71. The number of benzene rings is 2. The van der Waals surface area contributed by atoms with E-state index in [-0.39, 0.29) is 23.8 Å². The van der Waals surface area contributed by atoms with Crippen LogP contribution >= 0.6 is 0 Å². The first kappa shape index (κ1) is 15.5. The molecule has 0 radical (unpaired) electrons. The van der Waals surface area contributed by atoms with E-state index in [4.69, 9.17) is 4.74 Å². The maximum absolute atomic E-state index is 13.1. The molecule has 1 aliphatic carbocycles. The van der Waals surface area contributed by atoms with E-state index >= 15 is 0 Å². The van der Waals surface area contributed by atoms with Crippen molar-refractivity contribution >= 4 is 5.91 Å². The van der Waals surface area contributed by atoms with E-state index in [0.717, 1.165) is 37.0 Å². The topological polar surface area (TPSA) is 38.3 Å². The molecule has 1 N–H and O–H groups in total. The van der Waals surface area contributed by atoms with Crippen molar-refractivity contribution in [1.29, 1.82) is 0 Å². The Morgan fingerprint density at radius 3 is 2.43 bits per heavy atom. The zero-order valence-corrected chi connectivity index (χ0v) is 12.5. The van der Waals surface area contributed by atoms with Gasteiger partial charge >= 0.3 is 0 Å². The molecule has 3 nitrogen and oxygen atoms in total. The van der Waals surface area contributed by atoms with Crippen LogP contribution in [0.5, 0.6) is 5.75 Å². The summed E-state index contributed by atoms with van der Waals surface area (Å²) in [5.74, 6) is -2.10. The molecule has 1 aliphatic rings. The average Bonchev–Trinajstić information content (AvgIpc) is 2.53. The van der Waals surface area contributed by atoms with Crippen LogP contribution in [0, 0.1) is 11.6 Å². The summed E-state index contributed by atoms with van der Waals surface area (Å²) in [6.45, 7) is -0.236. The highest BCUT2D eigenvalue weighted by Gasteiger charge is 2.39. The third-order valence-electron chi connectivity index (χ3n) is 4.17. The van der Waals surface area contributed by atoms with E-state index in [1.807, 2.05) is 30.3 Å². The summed E-state index contributed by atoms with van der Waals surface area (Å²) in [6, 6.07) is 13.0. The molecule has 3 rings (SSSR count). The molecule has 0 atom stereocenters. The van der Waals surface area contributed by atoms with Crippen molar-refractivity contribution in [2.24, 2.45) is 0 Å². The minimum absolute atomic E-state index is 0.126. The summed E-state index contributed by atoms with van der Waals surface area (Å²) < 4.78 is 31.2. The largest absolute Gasteiger partial charge is 0.484 e. The molecule has 1 saturated carbocycles. The van der Waals surface area contributed by atoms with Gasteiger partial charge in [0.2, 0.25) is 0 Å². The first-order valence-electron chi connectivity index (χ1n) is 7.53. The highest BCUT2D eigenvalue weighted by Crippen LogP contribution is 2.41. The Morgan fingerprint density at radius 1 is 1.09 bits per heavy atom. The van der Waals surface area contributed by atoms with Crippen molar-refractivity contribution in [3.05, 3.63) is 65.7 Å². The van der Waals surface area contributed by atoms with Crippen LogP contribution < -0.4 is 10.1 Å². The van der Waals surface area contributed by atoms with E-state index in [2.05, 4.69) is 5.32 Å². The maximum Gasteiger partial charge on any atom is 0.258 e. The number of rotatable bonds is 5. The second kappa shape index (κ2) is 6.36. The SMILES string of the molecule is O=C(COc1ccc(F)c(F)c1)NC1(c2ccccc2)CCC1. The Hall–Kier alpha value is -2.43. The fraction of sp³-hybridized carbons (Fsp3) is 0.278. The third-order valence-corrected chi connectivity index (χ3v) is 4.17. The summed E-state index contributed by atoms with van der Waals surface area (Å²) in [4.78, 5) is 12.1. The van der Waals surface area contributed by atoms with Gasteiger partial charge in [0.15, 0.2) is 18.2 Å². The minimum atomic E-state index is -0.998. The molecule has 1 fully saturated rings. The quantitative estimate of drug-likeness (QED) is 0.916. The van der Waals surface area contributed by atoms with E-state index in [0.29, 0.717) is 0 Å². The molecule has 2 aromatic rings. The molecule has 1 amide bonds. The zero-order valence-electron chi connectivity index (χ0n) is 12.5. The summed E-state index contributed by atoms with van der Waals surface area (Å²) in [6.07, 6.45) is 2.82. The smallest absolute Gasteiger partial charge is 0.258 e. The van der Waals surface area contributed by atoms with Crippen LogP contribution in [0.2, 0.25) is 0 Å². The van der Waals surface area contributed by atoms with Crippen molar-refractivity contribution in [2.75, 3.05) is 6.61 Å². The first-order chi connectivity index (χ1) is 11.1. The molecule has 5 heteroatoms. The van der Waals surface area contributed by atoms with E-state index in [1.54, 1.807) is 0 Å². The van der Waals surface area contributed by atoms with Gasteiger partial charge in [-0.3, -0.25) is 4.79 Å². The molecular formula is C18H17F2NO2. The fourth-order valence-electron chi connectivity index (χ4n) is 2.79. The number of carbonyl (C=O) groups is 1. The van der Waals surface area contributed by atoms with E-state index < -0.39 is 11.6 Å². The predicted molar refractivity (Wildman–Crippen MR) is 82.0 cm³/mol. The van der Waals surface area contributed by atoms with Crippen molar-refractivity contribution in [1.82, 2.24) is 5.32 Å². The maximum atomic E-state index is 13.1. The summed E-state index contributed by atoms with van der Waals surface area (Å²) in [5, 5.41) is 3.01. The van der Waals surface area contributed by atoms with Gasteiger partial charge in [-0.15, -0.1) is 0 Å². The zero-order chi connectivity index (χ0) is 16.3. The summed E-state index contributed by atoms with van der Waals surface area (Å²) >= 11 is 0. The van der Waals surface area contributed by atoms with Gasteiger partial charge in [-0.1, -0.05) is 30.3 Å². The monoisotopic (exact) mass is 317 g/mol. The summed E-state index contributed by atoms with van der Waals surface area (Å²) in [5.41, 5.74) is 0.739. The van der Waals surface area contributed by atoms with Crippen LogP contribution in [0.1, 0.15) is 24.8 Å². The standard InChI is InChI=1S/C18H17F2NO2/c19-15-8-7-14(11-16(15)20)23-12-17(22)21-18(9-4-10-18)13-5-2-1-3-6-13/h1-3,5-8,11H,4,9-10,12H2,(H,21,22). The number of hydrogen-bond acceptors (Lipinski definition) is 2. The van der Waals surface area contributed by atoms with Crippen LogP contribution in [0.3, 0.4) is 0 Å². The van der Waals surface area contributed by atoms with Gasteiger partial charge < -0.3 is 10.1 Å². The molecule has 0 aliphatic heterocycles. The highest BCUT2D eigenvalue weighted by atomic mass is 19.2. The number of hydrogen-bond donors (Lipinski definition) is 1. The lowest BCUT2D eigenvalue weighted by Crippen LogP contribution is -2.52. The lowest BCUT2D eigenvalue weighted by molar-refractivity contribution is -0.126. The number of nitrogens with one attached hydrogen (secondary N) is 1. The molecule has 0 heterocycles. The minimum Gasteiger partial charge on any atom is -0.484 e. The number of ether oxygens (including phenoxy) is 1. The van der Waals surface area contributed by atoms with Crippen LogP contribution in [0.4, 0.5) is 8.78 Å². The molecule has 0 unspecified atom stereocenters. The van der Waals surface area contributed by atoms with Crippen molar-refractivity contribution in [3.63, 3.8) is 0 Å². The molecule has 0 spiro atoms. The Labute approximate surface area is 133 Å². The second-order valence-corrected chi connectivity index (χ2v) is 5.71. The molecule has 0 bridgehead atoms. The Morgan fingerprint density at radius 2 is 1.83 bits per heavy atom. The first-order valence-corrected chi connectivity index (χ1v) is 7.53. The molecular weight excluding hydrogens is 300 g/mol. The van der Waals surface area contributed by atoms with E-state index in [9.17, 15) is 13.6 Å². The Bertz CT molecular complexity index is 699. The molecule has 2 aromatic carbocycles. The van der Waals surface area contributed by atoms with Crippen molar-refractivity contribution in [3.8, 4) is 5.75 Å². The van der Waals surface area contributed by atoms with Crippen molar-refractivity contribution in [2.45, 2.75) is 24.8 Å². The normalized spacial score (nSPS) is 15.6. The average molecular weight is 317 g/mol. The molecule has 0 saturated heterocycles. The molecule has 120 valence electrons. The lowest BCUT2D eigenvalue weighted by Gasteiger charge is -2.43. The lowest BCUT2D eigenvalue weighted by atomic mass is 9.72. The van der Waals surface area contributed by atoms with Crippen LogP contribution in [-0.2, 0) is 10.3 Å². The van der Waals surface area contributed by atoms with Crippen LogP contribution in [0.15, 0.2) is 48.5 Å². The van der Waals surface area contributed by atoms with Gasteiger partial charge in [0, 0.05) is 6.07 Å². The van der Waals surface area contributed by atoms with Gasteiger partial charge in [-0.2, -0.15) is 0 Å². The van der Waals surface area contributed by atoms with Crippen LogP contribution in [-0.4, -0.2) is 12.5 Å². The number of halogens is 2. The van der Waals surface area contributed by atoms with Gasteiger partial charge in [-0.25, -0.2) is 8.78 Å². The van der Waals surface area contributed by atoms with Gasteiger partial charge in [0.05, 0.1) is 5.54 Å². The number of carbonyl (C=O) groups excluding carboxylic acids is 1. The Kier molecular flexibility index (Phi) is 4.28. The molecule has 23 heavy (non-hydrogen) atoms. The number of amides is 1. The predicted octanol–water partition coefficient (Wildman–Crippen LogP) is 3.54. The molecule has 0 aromatic heterocycles. The highest BCUT2D eigenvalue weighted by molar-refractivity contribution is 5.78. The van der Waals surface area contributed by atoms with Gasteiger partial charge in [0.1, 0.15) is 5.75 Å². The Balaban J connectivity index is 1.61. The fourth-order valence-corrected chi connectivity index (χ4v) is 2.79. The third kappa shape index (κ3) is 3.33. The van der Waals surface area contributed by atoms with Gasteiger partial charge in [0.25, 0.3) is 5.91 Å².